The number of nitrogens with one attached hydrogen (secondary N) is 1. The number of imidazole rings is 1. The Morgan fingerprint density at radius 1 is 1.26 bits per heavy atom. The molecule has 0 unspecified atom stereocenters. The maximum atomic E-state index is 12.4. The summed E-state index contributed by atoms with van der Waals surface area (Å²) in [4.78, 5) is 32.7. The lowest BCUT2D eigenvalue weighted by Gasteiger charge is -2.07. The van der Waals surface area contributed by atoms with Crippen molar-refractivity contribution in [1.82, 2.24) is 14.5 Å². The molecule has 3 aromatic rings. The van der Waals surface area contributed by atoms with Crippen LogP contribution in [0.15, 0.2) is 36.7 Å². The van der Waals surface area contributed by atoms with Crippen molar-refractivity contribution in [1.29, 1.82) is 0 Å². The summed E-state index contributed by atoms with van der Waals surface area (Å²) in [5, 5.41) is 3.03. The average Bonchev–Trinajstić information content (AvgIpc) is 3.24. The van der Waals surface area contributed by atoms with Crippen LogP contribution in [0.1, 0.15) is 31.5 Å². The molecule has 0 fully saturated rings. The Morgan fingerprint density at radius 2 is 2.00 bits per heavy atom. The van der Waals surface area contributed by atoms with Crippen LogP contribution in [0.2, 0.25) is 0 Å². The molecule has 0 saturated heterocycles. The van der Waals surface area contributed by atoms with E-state index in [1.54, 1.807) is 37.4 Å². The molecule has 3 rings (SSSR count). The van der Waals surface area contributed by atoms with Crippen LogP contribution in [0.4, 0.5) is 5.13 Å². The molecular weight excluding hydrogens is 368 g/mol. The minimum Gasteiger partial charge on any atom is -0.486 e. The summed E-state index contributed by atoms with van der Waals surface area (Å²) in [5.41, 5.74) is 0.965. The number of thiazole rings is 1. The van der Waals surface area contributed by atoms with Gasteiger partial charge in [-0.2, -0.15) is 0 Å². The van der Waals surface area contributed by atoms with Gasteiger partial charge in [0.25, 0.3) is 5.91 Å². The SMILES string of the molecule is COC(=O)c1sc(NC(=O)c2ccc(OCc3nccn3C)cc2)nc1C. The number of carbonyl (C=O) groups is 2. The number of methoxy groups -OCH3 is 1. The third-order valence-corrected chi connectivity index (χ3v) is 4.85. The smallest absolute Gasteiger partial charge is 0.350 e. The van der Waals surface area contributed by atoms with Gasteiger partial charge in [-0.3, -0.25) is 10.1 Å². The Balaban J connectivity index is 1.62. The van der Waals surface area contributed by atoms with Gasteiger partial charge in [0.15, 0.2) is 5.13 Å². The quantitative estimate of drug-likeness (QED) is 0.655. The first-order valence-electron chi connectivity index (χ1n) is 8.04. The predicted octanol–water partition coefficient (Wildman–Crippen LogP) is 2.80. The number of rotatable bonds is 6. The van der Waals surface area contributed by atoms with Crippen molar-refractivity contribution in [2.45, 2.75) is 13.5 Å². The zero-order chi connectivity index (χ0) is 19.4. The predicted molar refractivity (Wildman–Crippen MR) is 100 cm³/mol. The molecule has 1 amide bonds. The van der Waals surface area contributed by atoms with Crippen LogP contribution in [0, 0.1) is 6.92 Å². The number of esters is 1. The molecule has 1 aromatic carbocycles. The van der Waals surface area contributed by atoms with E-state index in [-0.39, 0.29) is 5.91 Å². The number of ether oxygens (including phenoxy) is 2. The molecule has 0 atom stereocenters. The van der Waals surface area contributed by atoms with Gasteiger partial charge >= 0.3 is 5.97 Å². The molecule has 9 heteroatoms. The summed E-state index contributed by atoms with van der Waals surface area (Å²) in [6.07, 6.45) is 3.55. The molecule has 2 heterocycles. The minimum atomic E-state index is -0.472. The van der Waals surface area contributed by atoms with Gasteiger partial charge in [-0.1, -0.05) is 11.3 Å². The summed E-state index contributed by atoms with van der Waals surface area (Å²) in [6.45, 7) is 2.02. The van der Waals surface area contributed by atoms with Crippen molar-refractivity contribution < 1.29 is 19.1 Å². The van der Waals surface area contributed by atoms with E-state index in [0.29, 0.717) is 33.6 Å². The highest BCUT2D eigenvalue weighted by Gasteiger charge is 2.17. The second kappa shape index (κ2) is 8.00. The Labute approximate surface area is 159 Å². The van der Waals surface area contributed by atoms with Crippen molar-refractivity contribution in [3.05, 3.63) is 58.6 Å². The standard InChI is InChI=1S/C18H18N4O4S/c1-11-15(17(24)25-3)27-18(20-11)21-16(23)12-4-6-13(7-5-12)26-10-14-19-8-9-22(14)2/h4-9H,10H2,1-3H3,(H,20,21,23). The van der Waals surface area contributed by atoms with Gasteiger partial charge in [0, 0.05) is 25.0 Å². The number of nitrogens with zero attached hydrogens (tertiary/aromatic N) is 3. The fraction of sp³-hybridized carbons (Fsp3) is 0.222. The van der Waals surface area contributed by atoms with Crippen LogP contribution < -0.4 is 10.1 Å². The third kappa shape index (κ3) is 4.32. The van der Waals surface area contributed by atoms with E-state index in [9.17, 15) is 9.59 Å². The van der Waals surface area contributed by atoms with Crippen molar-refractivity contribution in [2.75, 3.05) is 12.4 Å². The van der Waals surface area contributed by atoms with Crippen LogP contribution >= 0.6 is 11.3 Å². The summed E-state index contributed by atoms with van der Waals surface area (Å²) >= 11 is 1.07. The number of benzene rings is 1. The van der Waals surface area contributed by atoms with Gasteiger partial charge in [0.05, 0.1) is 12.8 Å². The monoisotopic (exact) mass is 386 g/mol. The summed E-state index contributed by atoms with van der Waals surface area (Å²) < 4.78 is 12.2. The number of hydrogen-bond acceptors (Lipinski definition) is 7. The molecule has 0 spiro atoms. The molecule has 140 valence electrons. The maximum Gasteiger partial charge on any atom is 0.350 e. The van der Waals surface area contributed by atoms with Crippen molar-refractivity contribution in [3.63, 3.8) is 0 Å². The van der Waals surface area contributed by atoms with E-state index < -0.39 is 5.97 Å². The Morgan fingerprint density at radius 3 is 2.63 bits per heavy atom. The van der Waals surface area contributed by atoms with Gasteiger partial charge < -0.3 is 14.0 Å². The highest BCUT2D eigenvalue weighted by Crippen LogP contribution is 2.24. The summed E-state index contributed by atoms with van der Waals surface area (Å²) in [6, 6.07) is 6.74. The largest absolute Gasteiger partial charge is 0.486 e. The van der Waals surface area contributed by atoms with E-state index in [4.69, 9.17) is 4.74 Å². The molecule has 0 radical (unpaired) electrons. The summed E-state index contributed by atoms with van der Waals surface area (Å²) in [5.74, 6) is 0.639. The second-order valence-electron chi connectivity index (χ2n) is 5.65. The van der Waals surface area contributed by atoms with Gasteiger partial charge in [-0.15, -0.1) is 0 Å². The molecule has 2 aromatic heterocycles. The van der Waals surface area contributed by atoms with E-state index >= 15 is 0 Å². The van der Waals surface area contributed by atoms with Gasteiger partial charge in [-0.05, 0) is 31.2 Å². The zero-order valence-corrected chi connectivity index (χ0v) is 15.9. The van der Waals surface area contributed by atoms with Gasteiger partial charge in [-0.25, -0.2) is 14.8 Å². The lowest BCUT2D eigenvalue weighted by Crippen LogP contribution is -2.11. The maximum absolute atomic E-state index is 12.4. The van der Waals surface area contributed by atoms with Gasteiger partial charge in [0.2, 0.25) is 0 Å². The van der Waals surface area contributed by atoms with Crippen LogP contribution in [0.25, 0.3) is 0 Å². The van der Waals surface area contributed by atoms with Crippen molar-refractivity contribution in [3.8, 4) is 5.75 Å². The fourth-order valence-corrected chi connectivity index (χ4v) is 3.17. The summed E-state index contributed by atoms with van der Waals surface area (Å²) in [7, 11) is 3.20. The molecular formula is C18H18N4O4S. The third-order valence-electron chi connectivity index (χ3n) is 3.79. The van der Waals surface area contributed by atoms with Crippen LogP contribution in [-0.2, 0) is 18.4 Å². The van der Waals surface area contributed by atoms with Crippen LogP contribution in [-0.4, -0.2) is 33.5 Å². The topological polar surface area (TPSA) is 95.3 Å². The van der Waals surface area contributed by atoms with Crippen molar-refractivity contribution in [2.24, 2.45) is 7.05 Å². The molecule has 0 aliphatic carbocycles. The minimum absolute atomic E-state index is 0.323. The zero-order valence-electron chi connectivity index (χ0n) is 15.1. The lowest BCUT2D eigenvalue weighted by molar-refractivity contribution is 0.0605. The van der Waals surface area contributed by atoms with Crippen molar-refractivity contribution >= 4 is 28.3 Å². The number of aromatic nitrogens is 3. The first-order chi connectivity index (χ1) is 13.0. The average molecular weight is 386 g/mol. The van der Waals surface area contributed by atoms with Crippen LogP contribution in [0.5, 0.6) is 5.75 Å². The number of anilines is 1. The lowest BCUT2D eigenvalue weighted by atomic mass is 10.2. The Bertz CT molecular complexity index is 962. The number of hydrogen-bond donors (Lipinski definition) is 1. The normalized spacial score (nSPS) is 10.5. The first-order valence-corrected chi connectivity index (χ1v) is 8.85. The van der Waals surface area contributed by atoms with Gasteiger partial charge in [0.1, 0.15) is 23.1 Å². The molecule has 8 nitrogen and oxygen atoms in total. The number of aryl methyl sites for hydroxylation is 2. The van der Waals surface area contributed by atoms with Crippen LogP contribution in [0.3, 0.4) is 0 Å². The van der Waals surface area contributed by atoms with E-state index in [1.165, 1.54) is 7.11 Å². The number of carbonyl (C=O) groups excluding carboxylic acids is 2. The highest BCUT2D eigenvalue weighted by molar-refractivity contribution is 7.17. The molecule has 0 saturated carbocycles. The molecule has 27 heavy (non-hydrogen) atoms. The molecule has 0 aliphatic heterocycles. The first kappa shape index (κ1) is 18.6. The fourth-order valence-electron chi connectivity index (χ4n) is 2.29. The highest BCUT2D eigenvalue weighted by atomic mass is 32.1. The van der Waals surface area contributed by atoms with E-state index in [1.807, 2.05) is 17.8 Å². The van der Waals surface area contributed by atoms with E-state index in [2.05, 4.69) is 20.0 Å². The molecule has 0 bridgehead atoms. The molecule has 0 aliphatic rings. The Kier molecular flexibility index (Phi) is 5.51. The second-order valence-corrected chi connectivity index (χ2v) is 6.65. The number of amides is 1. The van der Waals surface area contributed by atoms with E-state index in [0.717, 1.165) is 17.2 Å². The molecule has 1 N–H and O–H groups in total. The Hall–Kier alpha value is -3.20.